The van der Waals surface area contributed by atoms with Gasteiger partial charge in [-0.3, -0.25) is 4.98 Å². The van der Waals surface area contributed by atoms with E-state index in [1.165, 1.54) is 30.5 Å². The first kappa shape index (κ1) is 24.2. The van der Waals surface area contributed by atoms with E-state index in [0.717, 1.165) is 6.07 Å². The summed E-state index contributed by atoms with van der Waals surface area (Å²) < 4.78 is 149. The van der Waals surface area contributed by atoms with Crippen molar-refractivity contribution in [3.8, 4) is 11.5 Å². The Hall–Kier alpha value is -3.97. The zero-order valence-electron chi connectivity index (χ0n) is 16.6. The first-order valence-corrected chi connectivity index (χ1v) is 9.24. The van der Waals surface area contributed by atoms with Crippen molar-refractivity contribution in [3.63, 3.8) is 0 Å². The van der Waals surface area contributed by atoms with E-state index in [4.69, 9.17) is 4.65 Å². The lowest BCUT2D eigenvalue weighted by Gasteiger charge is -2.20. The van der Waals surface area contributed by atoms with Gasteiger partial charge in [0.2, 0.25) is 29.1 Å². The number of nitrogens with zero attached hydrogens (tertiary/aromatic N) is 1. The maximum atomic E-state index is 14.5. The summed E-state index contributed by atoms with van der Waals surface area (Å²) in [7, 11) is -2.94. The van der Waals surface area contributed by atoms with Crippen LogP contribution in [0.25, 0.3) is 10.9 Å². The number of halogens is 10. The molecule has 3 aromatic carbocycles. The molecule has 0 aliphatic carbocycles. The van der Waals surface area contributed by atoms with Crippen LogP contribution in [0.1, 0.15) is 0 Å². The molecule has 4 aromatic rings. The van der Waals surface area contributed by atoms with Crippen LogP contribution in [-0.2, 0) is 0 Å². The van der Waals surface area contributed by atoms with Gasteiger partial charge in [-0.25, -0.2) is 35.1 Å². The summed E-state index contributed by atoms with van der Waals surface area (Å²) in [5, 5.41) is 0.331. The van der Waals surface area contributed by atoms with Crippen LogP contribution in [0, 0.1) is 58.2 Å². The average Bonchev–Trinajstić information content (AvgIpc) is 2.86. The van der Waals surface area contributed by atoms with Crippen molar-refractivity contribution in [2.75, 3.05) is 0 Å². The van der Waals surface area contributed by atoms with Gasteiger partial charge < -0.3 is 9.31 Å². The van der Waals surface area contributed by atoms with Crippen LogP contribution in [0.4, 0.5) is 43.9 Å². The minimum absolute atomic E-state index is 0.0649. The molecule has 0 unspecified atom stereocenters. The largest absolute Gasteiger partial charge is 0.639 e. The van der Waals surface area contributed by atoms with Gasteiger partial charge in [0.25, 0.3) is 0 Å². The molecule has 0 saturated heterocycles. The molecule has 4 rings (SSSR count). The molecule has 180 valence electrons. The van der Waals surface area contributed by atoms with Crippen LogP contribution in [0.5, 0.6) is 11.5 Å². The second kappa shape index (κ2) is 9.00. The van der Waals surface area contributed by atoms with Crippen molar-refractivity contribution in [1.82, 2.24) is 4.98 Å². The summed E-state index contributed by atoms with van der Waals surface area (Å²) in [6, 6.07) is 6.81. The molecule has 0 radical (unpaired) electrons. The van der Waals surface area contributed by atoms with Gasteiger partial charge in [-0.05, 0) is 12.1 Å². The van der Waals surface area contributed by atoms with Crippen molar-refractivity contribution in [2.24, 2.45) is 0 Å². The number of para-hydroxylation sites is 1. The average molecular weight is 505 g/mol. The summed E-state index contributed by atoms with van der Waals surface area (Å²) in [6.45, 7) is 0. The zero-order valence-corrected chi connectivity index (χ0v) is 16.6. The van der Waals surface area contributed by atoms with E-state index in [2.05, 4.69) is 9.64 Å². The molecule has 0 saturated carbocycles. The van der Waals surface area contributed by atoms with Gasteiger partial charge in [0.05, 0.1) is 5.46 Å². The van der Waals surface area contributed by atoms with Crippen LogP contribution in [-0.4, -0.2) is 12.1 Å². The highest BCUT2D eigenvalue weighted by Crippen LogP contribution is 2.31. The molecule has 1 heterocycles. The molecule has 0 spiro atoms. The fraction of sp³-hybridized carbons (Fsp3) is 0. The van der Waals surface area contributed by atoms with Gasteiger partial charge in [-0.2, -0.15) is 8.78 Å². The third kappa shape index (κ3) is 3.98. The number of aromatic nitrogens is 1. The summed E-state index contributed by atoms with van der Waals surface area (Å²) in [4.78, 5) is 3.91. The summed E-state index contributed by atoms with van der Waals surface area (Å²) in [5.41, 5.74) is -1.97. The quantitative estimate of drug-likeness (QED) is 0.156. The van der Waals surface area contributed by atoms with Gasteiger partial charge in [0.1, 0.15) is 11.3 Å². The second-order valence-electron chi connectivity index (χ2n) is 6.78. The second-order valence-corrected chi connectivity index (χ2v) is 6.78. The molecule has 1 aromatic heterocycles. The minimum atomic E-state index is -2.94. The Morgan fingerprint density at radius 2 is 1.03 bits per heavy atom. The van der Waals surface area contributed by atoms with Gasteiger partial charge in [-0.1, -0.05) is 18.2 Å². The molecule has 0 atom stereocenters. The highest BCUT2D eigenvalue weighted by molar-refractivity contribution is 6.63. The van der Waals surface area contributed by atoms with E-state index in [-0.39, 0.29) is 5.52 Å². The Morgan fingerprint density at radius 1 is 0.543 bits per heavy atom. The van der Waals surface area contributed by atoms with E-state index in [1.807, 2.05) is 0 Å². The lowest BCUT2D eigenvalue weighted by molar-refractivity contribution is 0.332. The van der Waals surface area contributed by atoms with E-state index in [0.29, 0.717) is 5.39 Å². The standard InChI is InChI=1S/C21H6BF10NO2/c23-10-9(11(24)13(26)14(27)12(10)25)22(34-8-5-1-3-7-4-2-6-33-20(7)8)35-21-18(31)16(29)15(28)17(30)19(21)32/h1-6H. The maximum Gasteiger partial charge on any atom is 0.639 e. The molecule has 0 amide bonds. The number of benzene rings is 3. The first-order valence-electron chi connectivity index (χ1n) is 9.24. The number of hydrogen-bond acceptors (Lipinski definition) is 3. The molecule has 0 fully saturated rings. The molecule has 0 aliphatic rings. The summed E-state index contributed by atoms with van der Waals surface area (Å²) in [6.07, 6.45) is 1.23. The smallest absolute Gasteiger partial charge is 0.520 e. The topological polar surface area (TPSA) is 31.4 Å². The van der Waals surface area contributed by atoms with Crippen LogP contribution in [0.3, 0.4) is 0 Å². The fourth-order valence-electron chi connectivity index (χ4n) is 3.05. The SMILES string of the molecule is Fc1c(F)c(F)c(OB(Oc2cccc3cccnc23)c2c(F)c(F)c(F)c(F)c2F)c(F)c1F. The normalized spacial score (nSPS) is 11.1. The zero-order chi connectivity index (χ0) is 25.6. The first-order chi connectivity index (χ1) is 16.5. The van der Waals surface area contributed by atoms with Gasteiger partial charge in [0, 0.05) is 11.6 Å². The van der Waals surface area contributed by atoms with Crippen molar-refractivity contribution in [3.05, 3.63) is 94.7 Å². The molecule has 0 bridgehead atoms. The Bertz CT molecular complexity index is 1420. The molecule has 14 heteroatoms. The van der Waals surface area contributed by atoms with E-state index < -0.39 is 82.3 Å². The third-order valence-electron chi connectivity index (χ3n) is 4.70. The number of pyridine rings is 1. The van der Waals surface area contributed by atoms with Crippen LogP contribution >= 0.6 is 0 Å². The Kier molecular flexibility index (Phi) is 6.22. The molecule has 0 aliphatic heterocycles. The van der Waals surface area contributed by atoms with Crippen molar-refractivity contribution in [2.45, 2.75) is 0 Å². The van der Waals surface area contributed by atoms with Gasteiger partial charge in [0.15, 0.2) is 34.8 Å². The van der Waals surface area contributed by atoms with Crippen LogP contribution < -0.4 is 14.8 Å². The van der Waals surface area contributed by atoms with Crippen molar-refractivity contribution in [1.29, 1.82) is 0 Å². The van der Waals surface area contributed by atoms with Gasteiger partial charge in [-0.15, -0.1) is 0 Å². The number of hydrogen-bond donors (Lipinski definition) is 0. The molecule has 35 heavy (non-hydrogen) atoms. The van der Waals surface area contributed by atoms with Crippen molar-refractivity contribution < 1.29 is 53.2 Å². The monoisotopic (exact) mass is 505 g/mol. The Balaban J connectivity index is 1.95. The van der Waals surface area contributed by atoms with E-state index in [1.54, 1.807) is 0 Å². The predicted molar refractivity (Wildman–Crippen MR) is 101 cm³/mol. The number of rotatable bonds is 5. The van der Waals surface area contributed by atoms with E-state index >= 15 is 0 Å². The number of fused-ring (bicyclic) bond motifs is 1. The summed E-state index contributed by atoms with van der Waals surface area (Å²) >= 11 is 0. The highest BCUT2D eigenvalue weighted by Gasteiger charge is 2.41. The van der Waals surface area contributed by atoms with Gasteiger partial charge >= 0.3 is 7.12 Å². The van der Waals surface area contributed by atoms with Crippen molar-refractivity contribution >= 4 is 23.5 Å². The molecule has 0 N–H and O–H groups in total. The fourth-order valence-corrected chi connectivity index (χ4v) is 3.05. The van der Waals surface area contributed by atoms with Crippen LogP contribution in [0.2, 0.25) is 0 Å². The third-order valence-corrected chi connectivity index (χ3v) is 4.70. The lowest BCUT2D eigenvalue weighted by atomic mass is 9.77. The maximum absolute atomic E-state index is 14.5. The predicted octanol–water partition coefficient (Wildman–Crippen LogP) is 5.48. The lowest BCUT2D eigenvalue weighted by Crippen LogP contribution is -2.48. The minimum Gasteiger partial charge on any atom is -0.520 e. The molecular formula is C21H6BF10NO2. The summed E-state index contributed by atoms with van der Waals surface area (Å²) in [5.74, 6) is -27.9. The Labute approximate surface area is 188 Å². The van der Waals surface area contributed by atoms with E-state index in [9.17, 15) is 43.9 Å². The van der Waals surface area contributed by atoms with Crippen LogP contribution in [0.15, 0.2) is 36.5 Å². The highest BCUT2D eigenvalue weighted by atomic mass is 19.2. The molecular weight excluding hydrogens is 499 g/mol. The molecule has 3 nitrogen and oxygen atoms in total. The Morgan fingerprint density at radius 3 is 1.60 bits per heavy atom.